The normalized spacial score (nSPS) is 12.4. The molecule has 29 heavy (non-hydrogen) atoms. The molecule has 2 aromatic heterocycles. The number of fused-ring (bicyclic) bond motifs is 3. The van der Waals surface area contributed by atoms with Crippen LogP contribution in [-0.2, 0) is 0 Å². The molecule has 152 valence electrons. The number of H-pyrrole nitrogens is 1. The molecule has 0 fully saturated rings. The molecular formula is C23H25ClN2O2S. The van der Waals surface area contributed by atoms with Crippen molar-refractivity contribution in [2.75, 3.05) is 20.6 Å². The molecule has 0 unspecified atom stereocenters. The maximum absolute atomic E-state index is 12.4. The van der Waals surface area contributed by atoms with Gasteiger partial charge < -0.3 is 15.0 Å². The number of aromatic amines is 1. The van der Waals surface area contributed by atoms with E-state index in [1.54, 1.807) is 6.07 Å². The number of hydrogen-bond donors (Lipinski definition) is 2. The third kappa shape index (κ3) is 3.78. The molecule has 2 N–H and O–H groups in total. The van der Waals surface area contributed by atoms with Gasteiger partial charge in [0.15, 0.2) is 0 Å². The van der Waals surface area contributed by atoms with Crippen molar-refractivity contribution in [2.45, 2.75) is 19.8 Å². The summed E-state index contributed by atoms with van der Waals surface area (Å²) in [6.45, 7) is 5.11. The SMILES string of the molecule is Cc1cc(O)c(-c2ccc([C@@H](C)CN(C)C)cc2)c2c1[nH]c(=O)c1sccc12.Cl. The minimum atomic E-state index is -0.0786. The number of hydrogen-bond acceptors (Lipinski definition) is 4. The van der Waals surface area contributed by atoms with E-state index in [0.717, 1.165) is 39.5 Å². The number of thiophene rings is 1. The van der Waals surface area contributed by atoms with Gasteiger partial charge in [-0.1, -0.05) is 31.2 Å². The van der Waals surface area contributed by atoms with Crippen molar-refractivity contribution in [1.82, 2.24) is 9.88 Å². The van der Waals surface area contributed by atoms with E-state index in [4.69, 9.17) is 0 Å². The fraction of sp³-hybridized carbons (Fsp3) is 0.261. The van der Waals surface area contributed by atoms with Crippen LogP contribution < -0.4 is 5.56 Å². The van der Waals surface area contributed by atoms with Crippen molar-refractivity contribution >= 4 is 44.7 Å². The molecule has 0 bridgehead atoms. The van der Waals surface area contributed by atoms with Gasteiger partial charge in [-0.05, 0) is 61.1 Å². The van der Waals surface area contributed by atoms with Crippen molar-refractivity contribution in [2.24, 2.45) is 0 Å². The number of benzene rings is 2. The largest absolute Gasteiger partial charge is 0.507 e. The Kier molecular flexibility index (Phi) is 6.03. The Morgan fingerprint density at radius 1 is 1.17 bits per heavy atom. The molecular weight excluding hydrogens is 404 g/mol. The van der Waals surface area contributed by atoms with Gasteiger partial charge in [0.05, 0.1) is 5.52 Å². The minimum Gasteiger partial charge on any atom is -0.507 e. The van der Waals surface area contributed by atoms with Crippen LogP contribution in [0.5, 0.6) is 5.75 Å². The second-order valence-corrected chi connectivity index (χ2v) is 8.66. The van der Waals surface area contributed by atoms with Crippen molar-refractivity contribution in [1.29, 1.82) is 0 Å². The first-order chi connectivity index (χ1) is 13.4. The van der Waals surface area contributed by atoms with Crippen molar-refractivity contribution < 1.29 is 5.11 Å². The molecule has 0 amide bonds. The monoisotopic (exact) mass is 428 g/mol. The second-order valence-electron chi connectivity index (χ2n) is 7.74. The first-order valence-electron chi connectivity index (χ1n) is 9.37. The third-order valence-corrected chi connectivity index (χ3v) is 6.20. The quantitative estimate of drug-likeness (QED) is 0.450. The summed E-state index contributed by atoms with van der Waals surface area (Å²) in [6, 6.07) is 12.1. The Bertz CT molecular complexity index is 1230. The molecule has 4 aromatic rings. The Balaban J connectivity index is 0.00000240. The summed E-state index contributed by atoms with van der Waals surface area (Å²) in [5, 5.41) is 14.5. The Hall–Kier alpha value is -2.34. The van der Waals surface area contributed by atoms with Gasteiger partial charge in [-0.3, -0.25) is 4.79 Å². The highest BCUT2D eigenvalue weighted by Gasteiger charge is 2.17. The lowest BCUT2D eigenvalue weighted by Gasteiger charge is -2.18. The number of phenolic OH excluding ortho intramolecular Hbond substituents is 1. The number of aryl methyl sites for hydroxylation is 1. The lowest BCUT2D eigenvalue weighted by atomic mass is 9.93. The van der Waals surface area contributed by atoms with Crippen LogP contribution in [0.2, 0.25) is 0 Å². The predicted molar refractivity (Wildman–Crippen MR) is 126 cm³/mol. The van der Waals surface area contributed by atoms with E-state index in [1.807, 2.05) is 18.4 Å². The van der Waals surface area contributed by atoms with E-state index in [0.29, 0.717) is 10.6 Å². The molecule has 2 aromatic carbocycles. The van der Waals surface area contributed by atoms with E-state index in [-0.39, 0.29) is 23.7 Å². The maximum atomic E-state index is 12.4. The van der Waals surface area contributed by atoms with Gasteiger partial charge in [-0.2, -0.15) is 0 Å². The number of phenols is 1. The molecule has 0 aliphatic carbocycles. The number of nitrogens with one attached hydrogen (secondary N) is 1. The van der Waals surface area contributed by atoms with E-state index in [1.165, 1.54) is 16.9 Å². The van der Waals surface area contributed by atoms with E-state index in [9.17, 15) is 9.90 Å². The summed E-state index contributed by atoms with van der Waals surface area (Å²) >= 11 is 1.43. The minimum absolute atomic E-state index is 0. The summed E-state index contributed by atoms with van der Waals surface area (Å²) in [6.07, 6.45) is 0. The fourth-order valence-electron chi connectivity index (χ4n) is 4.01. The standard InChI is InChI=1S/C23H24N2O2S.ClH/c1-13-11-18(26)19(16-7-5-15(6-8-16)14(2)12-25(3)4)20-17-9-10-28-22(17)23(27)24-21(13)20;/h5-11,14,26H,12H2,1-4H3,(H,24,27);1H/t14-;/m0./s1. The Labute approximate surface area is 180 Å². The van der Waals surface area contributed by atoms with Gasteiger partial charge in [0.25, 0.3) is 5.56 Å². The fourth-order valence-corrected chi connectivity index (χ4v) is 4.80. The molecule has 6 heteroatoms. The Morgan fingerprint density at radius 3 is 2.52 bits per heavy atom. The maximum Gasteiger partial charge on any atom is 0.266 e. The molecule has 4 rings (SSSR count). The van der Waals surface area contributed by atoms with Gasteiger partial charge in [0, 0.05) is 22.9 Å². The second kappa shape index (κ2) is 8.19. The number of nitrogens with zero attached hydrogens (tertiary/aromatic N) is 1. The summed E-state index contributed by atoms with van der Waals surface area (Å²) in [5.41, 5.74) is 4.55. The zero-order valence-electron chi connectivity index (χ0n) is 16.9. The molecule has 0 radical (unpaired) electrons. The van der Waals surface area contributed by atoms with Gasteiger partial charge in [-0.25, -0.2) is 0 Å². The Morgan fingerprint density at radius 2 is 1.86 bits per heavy atom. The van der Waals surface area contributed by atoms with Gasteiger partial charge in [-0.15, -0.1) is 23.7 Å². The van der Waals surface area contributed by atoms with Crippen LogP contribution in [0.1, 0.15) is 24.0 Å². The molecule has 2 heterocycles. The molecule has 0 spiro atoms. The van der Waals surface area contributed by atoms with Crippen molar-refractivity contribution in [3.63, 3.8) is 0 Å². The van der Waals surface area contributed by atoms with Crippen LogP contribution in [0.15, 0.2) is 46.6 Å². The first-order valence-corrected chi connectivity index (χ1v) is 10.3. The summed E-state index contributed by atoms with van der Waals surface area (Å²) in [4.78, 5) is 17.6. The number of aromatic hydroxyl groups is 1. The zero-order chi connectivity index (χ0) is 20.0. The van der Waals surface area contributed by atoms with Crippen LogP contribution in [0.4, 0.5) is 0 Å². The molecule has 0 aliphatic heterocycles. The van der Waals surface area contributed by atoms with E-state index >= 15 is 0 Å². The highest BCUT2D eigenvalue weighted by atomic mass is 35.5. The average Bonchev–Trinajstić information content (AvgIpc) is 3.13. The average molecular weight is 429 g/mol. The van der Waals surface area contributed by atoms with Crippen LogP contribution in [0.3, 0.4) is 0 Å². The van der Waals surface area contributed by atoms with E-state index in [2.05, 4.69) is 55.2 Å². The third-order valence-electron chi connectivity index (χ3n) is 5.29. The molecule has 4 nitrogen and oxygen atoms in total. The smallest absolute Gasteiger partial charge is 0.266 e. The summed E-state index contributed by atoms with van der Waals surface area (Å²) in [5.74, 6) is 0.658. The number of likely N-dealkylation sites (N-methyl/N-ethyl adjacent to an activating group) is 1. The highest BCUT2D eigenvalue weighted by molar-refractivity contribution is 7.17. The van der Waals surface area contributed by atoms with E-state index < -0.39 is 0 Å². The molecule has 0 saturated heterocycles. The summed E-state index contributed by atoms with van der Waals surface area (Å²) < 4.78 is 0.690. The lowest BCUT2D eigenvalue weighted by Crippen LogP contribution is -2.18. The van der Waals surface area contributed by atoms with Crippen LogP contribution in [0, 0.1) is 6.92 Å². The van der Waals surface area contributed by atoms with Gasteiger partial charge in [0.2, 0.25) is 0 Å². The highest BCUT2D eigenvalue weighted by Crippen LogP contribution is 2.41. The molecule has 0 saturated carbocycles. The molecule has 1 atom stereocenters. The topological polar surface area (TPSA) is 56.3 Å². The number of halogens is 1. The number of aromatic nitrogens is 1. The van der Waals surface area contributed by atoms with Crippen molar-refractivity contribution in [3.05, 3.63) is 63.3 Å². The lowest BCUT2D eigenvalue weighted by molar-refractivity contribution is 0.383. The van der Waals surface area contributed by atoms with Crippen LogP contribution in [0.25, 0.3) is 32.1 Å². The predicted octanol–water partition coefficient (Wildman–Crippen LogP) is 5.51. The van der Waals surface area contributed by atoms with Gasteiger partial charge >= 0.3 is 0 Å². The van der Waals surface area contributed by atoms with Crippen molar-refractivity contribution in [3.8, 4) is 16.9 Å². The summed E-state index contributed by atoms with van der Waals surface area (Å²) in [7, 11) is 4.16. The number of pyridine rings is 1. The van der Waals surface area contributed by atoms with Crippen LogP contribution in [-0.4, -0.2) is 35.6 Å². The van der Waals surface area contributed by atoms with Crippen LogP contribution >= 0.6 is 23.7 Å². The first kappa shape index (κ1) is 21.4. The van der Waals surface area contributed by atoms with Gasteiger partial charge in [0.1, 0.15) is 10.4 Å². The number of rotatable bonds is 4. The zero-order valence-corrected chi connectivity index (χ0v) is 18.6. The molecule has 0 aliphatic rings.